The Morgan fingerprint density at radius 3 is 2.46 bits per heavy atom. The van der Waals surface area contributed by atoms with Crippen LogP contribution in [0, 0.1) is 18.3 Å². The van der Waals surface area contributed by atoms with Gasteiger partial charge in [0.25, 0.3) is 11.5 Å². The molecule has 0 aliphatic carbocycles. The largest absolute Gasteiger partial charge is 0.481 e. The fourth-order valence-corrected chi connectivity index (χ4v) is 5.61. The molecule has 1 aromatic heterocycles. The number of carboxylic acid groups (broad SMARTS) is 1. The Morgan fingerprint density at radius 1 is 1.20 bits per heavy atom. The van der Waals surface area contributed by atoms with Crippen molar-refractivity contribution in [3.8, 4) is 6.07 Å². The van der Waals surface area contributed by atoms with E-state index in [1.807, 2.05) is 6.92 Å². The van der Waals surface area contributed by atoms with E-state index in [4.69, 9.17) is 17.3 Å². The number of carboxylic acids is 1. The monoisotopic (exact) mass is 517 g/mol. The minimum atomic E-state index is -1.01. The summed E-state index contributed by atoms with van der Waals surface area (Å²) in [6.45, 7) is 10.5. The normalized spacial score (nSPS) is 17.9. The number of carbonyl (C=O) groups excluding carboxylic acids is 1. The van der Waals surface area contributed by atoms with Gasteiger partial charge in [-0.3, -0.25) is 23.9 Å². The van der Waals surface area contributed by atoms with Crippen molar-refractivity contribution in [2.24, 2.45) is 0 Å². The number of nitriles is 1. The number of amides is 1. The first-order valence-corrected chi connectivity index (χ1v) is 13.1. The van der Waals surface area contributed by atoms with Crippen LogP contribution in [0.1, 0.15) is 49.8 Å². The van der Waals surface area contributed by atoms with Gasteiger partial charge in [-0.2, -0.15) is 5.26 Å². The summed E-state index contributed by atoms with van der Waals surface area (Å²) in [6, 6.07) is 2.07. The maximum atomic E-state index is 13.3. The highest BCUT2D eigenvalue weighted by atomic mass is 32.2. The highest BCUT2D eigenvalue weighted by Gasteiger charge is 2.33. The minimum Gasteiger partial charge on any atom is -0.481 e. The summed E-state index contributed by atoms with van der Waals surface area (Å²) < 4.78 is 1.99. The number of aromatic nitrogens is 1. The van der Waals surface area contributed by atoms with Gasteiger partial charge < -0.3 is 14.9 Å². The second kappa shape index (κ2) is 11.8. The van der Waals surface area contributed by atoms with E-state index in [0.29, 0.717) is 26.9 Å². The van der Waals surface area contributed by atoms with Crippen molar-refractivity contribution < 1.29 is 14.7 Å². The molecule has 0 saturated carbocycles. The predicted molar refractivity (Wildman–Crippen MR) is 142 cm³/mol. The maximum absolute atomic E-state index is 13.3. The molecule has 1 amide bonds. The summed E-state index contributed by atoms with van der Waals surface area (Å²) in [6.07, 6.45) is 3.20. The molecule has 0 atom stereocenters. The third-order valence-electron chi connectivity index (χ3n) is 6.40. The Balaban J connectivity index is 2.15. The van der Waals surface area contributed by atoms with Crippen LogP contribution in [0.2, 0.25) is 0 Å². The number of thiocarbonyl (C=S) groups is 1. The summed E-state index contributed by atoms with van der Waals surface area (Å²) in [5.74, 6) is -0.632. The lowest BCUT2D eigenvalue weighted by Gasteiger charge is -2.37. The second-order valence-electron chi connectivity index (χ2n) is 8.56. The molecule has 3 heterocycles. The zero-order valence-electron chi connectivity index (χ0n) is 20.4. The van der Waals surface area contributed by atoms with Crippen molar-refractivity contribution in [3.63, 3.8) is 0 Å². The Bertz CT molecular complexity index is 1150. The van der Waals surface area contributed by atoms with Crippen molar-refractivity contribution in [2.75, 3.05) is 44.2 Å². The van der Waals surface area contributed by atoms with Crippen LogP contribution in [0.3, 0.4) is 0 Å². The summed E-state index contributed by atoms with van der Waals surface area (Å²) in [5.41, 5.74) is 0.970. The van der Waals surface area contributed by atoms with Gasteiger partial charge in [0.2, 0.25) is 0 Å². The fraction of sp³-hybridized carbons (Fsp3) is 0.542. The first-order valence-electron chi connectivity index (χ1n) is 11.8. The van der Waals surface area contributed by atoms with Gasteiger partial charge >= 0.3 is 5.97 Å². The summed E-state index contributed by atoms with van der Waals surface area (Å²) >= 11 is 6.46. The van der Waals surface area contributed by atoms with Crippen molar-refractivity contribution >= 4 is 52.1 Å². The van der Waals surface area contributed by atoms with Gasteiger partial charge in [-0.15, -0.1) is 0 Å². The molecule has 2 aliphatic heterocycles. The number of likely N-dealkylation sites (N-methyl/N-ethyl adjacent to an activating group) is 1. The first kappa shape index (κ1) is 26.9. The molecule has 1 aromatic rings. The molecule has 35 heavy (non-hydrogen) atoms. The molecule has 2 fully saturated rings. The lowest BCUT2D eigenvalue weighted by atomic mass is 10.0. The van der Waals surface area contributed by atoms with Crippen LogP contribution < -0.4 is 10.5 Å². The molecule has 2 saturated heterocycles. The van der Waals surface area contributed by atoms with Crippen molar-refractivity contribution in [2.45, 2.75) is 46.6 Å². The maximum Gasteiger partial charge on any atom is 0.305 e. The van der Waals surface area contributed by atoms with E-state index >= 15 is 0 Å². The average Bonchev–Trinajstić information content (AvgIpc) is 3.10. The molecular weight excluding hydrogens is 486 g/mol. The number of pyridine rings is 1. The van der Waals surface area contributed by atoms with Gasteiger partial charge in [0.05, 0.1) is 11.3 Å². The summed E-state index contributed by atoms with van der Waals surface area (Å²) in [7, 11) is 0. The zero-order chi connectivity index (χ0) is 25.7. The standard InChI is InChI=1S/C24H31N5O4S2/c1-4-6-8-28-21(27-12-10-26(5-2)11-13-27)17(16(3)18(15-25)22(28)32)14-19-23(33)29(24(34)35-19)9-7-20(30)31/h14H,4-13H2,1-3H3,(H,30,31)/b19-14+. The predicted octanol–water partition coefficient (Wildman–Crippen LogP) is 2.65. The number of aliphatic carboxylic acids is 1. The zero-order valence-corrected chi connectivity index (χ0v) is 22.0. The molecule has 11 heteroatoms. The van der Waals surface area contributed by atoms with Crippen LogP contribution in [-0.2, 0) is 16.1 Å². The molecular formula is C24H31N5O4S2. The summed E-state index contributed by atoms with van der Waals surface area (Å²) in [5, 5.41) is 18.8. The Labute approximate surface area is 215 Å². The molecule has 3 rings (SSSR count). The van der Waals surface area contributed by atoms with Crippen LogP contribution in [0.15, 0.2) is 9.70 Å². The van der Waals surface area contributed by atoms with Gasteiger partial charge in [-0.05, 0) is 31.5 Å². The van der Waals surface area contributed by atoms with Gasteiger partial charge in [0.15, 0.2) is 0 Å². The number of nitrogens with zero attached hydrogens (tertiary/aromatic N) is 5. The lowest BCUT2D eigenvalue weighted by molar-refractivity contribution is -0.137. The van der Waals surface area contributed by atoms with Crippen molar-refractivity contribution in [1.29, 1.82) is 5.26 Å². The van der Waals surface area contributed by atoms with Crippen LogP contribution in [0.5, 0.6) is 0 Å². The molecule has 0 radical (unpaired) electrons. The number of hydrogen-bond acceptors (Lipinski definition) is 8. The van der Waals surface area contributed by atoms with E-state index in [9.17, 15) is 19.6 Å². The Hall–Kier alpha value is -2.68. The highest BCUT2D eigenvalue weighted by Crippen LogP contribution is 2.36. The topological polar surface area (TPSA) is 110 Å². The van der Waals surface area contributed by atoms with E-state index < -0.39 is 5.97 Å². The first-order chi connectivity index (χ1) is 16.7. The van der Waals surface area contributed by atoms with E-state index in [1.54, 1.807) is 17.6 Å². The molecule has 9 nitrogen and oxygen atoms in total. The SMILES string of the molecule is CCCCn1c(N2CCN(CC)CC2)c(/C=C2/SC(=S)N(CCC(=O)O)C2=O)c(C)c(C#N)c1=O. The average molecular weight is 518 g/mol. The number of rotatable bonds is 9. The minimum absolute atomic E-state index is 0.00159. The third-order valence-corrected chi connectivity index (χ3v) is 7.78. The van der Waals surface area contributed by atoms with Crippen molar-refractivity contribution in [1.82, 2.24) is 14.4 Å². The quantitative estimate of drug-likeness (QED) is 0.390. The van der Waals surface area contributed by atoms with Gasteiger partial charge in [0, 0.05) is 44.8 Å². The van der Waals surface area contributed by atoms with Crippen LogP contribution in [-0.4, -0.2) is 74.9 Å². The number of piperazine rings is 1. The Kier molecular flexibility index (Phi) is 9.10. The van der Waals surface area contributed by atoms with Crippen LogP contribution in [0.4, 0.5) is 5.82 Å². The molecule has 0 spiro atoms. The fourth-order valence-electron chi connectivity index (χ4n) is 4.32. The van der Waals surface area contributed by atoms with Gasteiger partial charge in [-0.1, -0.05) is 44.2 Å². The molecule has 0 aromatic carbocycles. The van der Waals surface area contributed by atoms with Crippen LogP contribution >= 0.6 is 24.0 Å². The summed E-state index contributed by atoms with van der Waals surface area (Å²) in [4.78, 5) is 43.6. The van der Waals surface area contributed by atoms with E-state index in [1.165, 1.54) is 4.90 Å². The van der Waals surface area contributed by atoms with Gasteiger partial charge in [-0.25, -0.2) is 0 Å². The number of thioether (sulfide) groups is 1. The lowest BCUT2D eigenvalue weighted by Crippen LogP contribution is -2.48. The van der Waals surface area contributed by atoms with Crippen LogP contribution in [0.25, 0.3) is 6.08 Å². The van der Waals surface area contributed by atoms with E-state index in [2.05, 4.69) is 22.8 Å². The molecule has 188 valence electrons. The Morgan fingerprint density at radius 2 is 1.89 bits per heavy atom. The third kappa shape index (κ3) is 5.77. The number of carbonyl (C=O) groups is 2. The van der Waals surface area contributed by atoms with E-state index in [-0.39, 0.29) is 30.0 Å². The molecule has 0 unspecified atom stereocenters. The highest BCUT2D eigenvalue weighted by molar-refractivity contribution is 8.26. The molecule has 0 bridgehead atoms. The smallest absolute Gasteiger partial charge is 0.305 e. The number of unbranched alkanes of at least 4 members (excludes halogenated alkanes) is 1. The molecule has 2 aliphatic rings. The van der Waals surface area contributed by atoms with E-state index in [0.717, 1.165) is 63.1 Å². The van der Waals surface area contributed by atoms with Gasteiger partial charge in [0.1, 0.15) is 21.8 Å². The number of hydrogen-bond donors (Lipinski definition) is 1. The molecule has 1 N–H and O–H groups in total. The second-order valence-corrected chi connectivity index (χ2v) is 10.2. The van der Waals surface area contributed by atoms with Crippen molar-refractivity contribution in [3.05, 3.63) is 31.9 Å². The number of anilines is 1.